The molecule has 9 heteroatoms. The third kappa shape index (κ3) is 2.56. The van der Waals surface area contributed by atoms with Gasteiger partial charge in [-0.1, -0.05) is 0 Å². The standard InChI is InChI=1S/C11H15N3O5S/c12-20(16,17)10-8(6-1-2-6)13-14-9(10)11(15)19-7-3-4-18-5-7/h6-7H,1-5H2,(H,13,14)(H2,12,16,17). The molecule has 1 aliphatic carbocycles. The highest BCUT2D eigenvalue weighted by Gasteiger charge is 2.37. The second-order valence-corrected chi connectivity index (χ2v) is 6.52. The van der Waals surface area contributed by atoms with Crippen LogP contribution in [0.15, 0.2) is 4.90 Å². The molecule has 0 aromatic carbocycles. The maximum Gasteiger partial charge on any atom is 0.360 e. The lowest BCUT2D eigenvalue weighted by Gasteiger charge is -2.09. The summed E-state index contributed by atoms with van der Waals surface area (Å²) < 4.78 is 33.7. The van der Waals surface area contributed by atoms with Crippen LogP contribution in [0.3, 0.4) is 0 Å². The normalized spacial score (nSPS) is 22.9. The second kappa shape index (κ2) is 4.83. The van der Waals surface area contributed by atoms with Gasteiger partial charge < -0.3 is 9.47 Å². The first-order valence-corrected chi connectivity index (χ1v) is 7.91. The molecule has 1 aliphatic heterocycles. The molecule has 1 atom stereocenters. The zero-order chi connectivity index (χ0) is 14.3. The van der Waals surface area contributed by atoms with Gasteiger partial charge in [-0.15, -0.1) is 0 Å². The number of carbonyl (C=O) groups excluding carboxylic acids is 1. The zero-order valence-corrected chi connectivity index (χ0v) is 11.5. The lowest BCUT2D eigenvalue weighted by molar-refractivity contribution is 0.0259. The highest BCUT2D eigenvalue weighted by molar-refractivity contribution is 7.89. The van der Waals surface area contributed by atoms with E-state index < -0.39 is 16.0 Å². The topological polar surface area (TPSA) is 124 Å². The molecule has 2 fully saturated rings. The molecule has 110 valence electrons. The lowest BCUT2D eigenvalue weighted by Crippen LogP contribution is -2.22. The number of esters is 1. The van der Waals surface area contributed by atoms with Crippen LogP contribution < -0.4 is 5.14 Å². The van der Waals surface area contributed by atoms with Crippen LogP contribution >= 0.6 is 0 Å². The average Bonchev–Trinajstić information content (AvgIpc) is 2.90. The molecule has 3 N–H and O–H groups in total. The molecule has 0 bridgehead atoms. The zero-order valence-electron chi connectivity index (χ0n) is 10.7. The van der Waals surface area contributed by atoms with E-state index in [-0.39, 0.29) is 22.6 Å². The average molecular weight is 301 g/mol. The van der Waals surface area contributed by atoms with Gasteiger partial charge in [0.2, 0.25) is 10.0 Å². The number of nitrogens with zero attached hydrogens (tertiary/aromatic N) is 1. The fraction of sp³-hybridized carbons (Fsp3) is 0.636. The summed E-state index contributed by atoms with van der Waals surface area (Å²) in [4.78, 5) is 11.8. The van der Waals surface area contributed by atoms with Gasteiger partial charge in [-0.05, 0) is 12.8 Å². The van der Waals surface area contributed by atoms with Crippen molar-refractivity contribution in [2.75, 3.05) is 13.2 Å². The number of rotatable bonds is 4. The fourth-order valence-corrected chi connectivity index (χ4v) is 3.15. The molecule has 3 rings (SSSR count). The molecule has 2 heterocycles. The number of nitrogens with two attached hydrogens (primary N) is 1. The van der Waals surface area contributed by atoms with E-state index in [1.165, 1.54) is 0 Å². The maximum absolute atomic E-state index is 12.0. The quantitative estimate of drug-likeness (QED) is 0.747. The van der Waals surface area contributed by atoms with Gasteiger partial charge in [0, 0.05) is 12.3 Å². The van der Waals surface area contributed by atoms with Crippen molar-refractivity contribution in [3.05, 3.63) is 11.4 Å². The van der Waals surface area contributed by atoms with Crippen LogP contribution in [0, 0.1) is 0 Å². The number of primary sulfonamides is 1. The van der Waals surface area contributed by atoms with Crippen LogP contribution in [0.25, 0.3) is 0 Å². The van der Waals surface area contributed by atoms with Crippen molar-refractivity contribution in [3.8, 4) is 0 Å². The van der Waals surface area contributed by atoms with Crippen molar-refractivity contribution in [1.82, 2.24) is 10.2 Å². The molecular weight excluding hydrogens is 286 g/mol. The van der Waals surface area contributed by atoms with Gasteiger partial charge in [-0.2, -0.15) is 5.10 Å². The number of carbonyl (C=O) groups is 1. The van der Waals surface area contributed by atoms with E-state index in [0.717, 1.165) is 12.8 Å². The Morgan fingerprint density at radius 2 is 2.15 bits per heavy atom. The summed E-state index contributed by atoms with van der Waals surface area (Å²) in [7, 11) is -4.03. The minimum atomic E-state index is -4.03. The number of aromatic amines is 1. The molecule has 0 spiro atoms. The molecule has 1 aromatic rings. The Morgan fingerprint density at radius 3 is 2.70 bits per heavy atom. The van der Waals surface area contributed by atoms with Crippen LogP contribution in [0.4, 0.5) is 0 Å². The molecule has 1 saturated heterocycles. The van der Waals surface area contributed by atoms with Crippen LogP contribution in [0.2, 0.25) is 0 Å². The van der Waals surface area contributed by atoms with Gasteiger partial charge in [0.1, 0.15) is 11.0 Å². The summed E-state index contributed by atoms with van der Waals surface area (Å²) in [6.07, 6.45) is 1.94. The van der Waals surface area contributed by atoms with Crippen LogP contribution in [-0.4, -0.2) is 43.9 Å². The first-order valence-electron chi connectivity index (χ1n) is 6.36. The van der Waals surface area contributed by atoms with Crippen LogP contribution in [0.5, 0.6) is 0 Å². The van der Waals surface area contributed by atoms with Crippen molar-refractivity contribution in [2.45, 2.75) is 36.2 Å². The number of hydrogen-bond donors (Lipinski definition) is 2. The van der Waals surface area contributed by atoms with E-state index in [0.29, 0.717) is 25.3 Å². The number of ether oxygens (including phenoxy) is 2. The van der Waals surface area contributed by atoms with Gasteiger partial charge in [-0.3, -0.25) is 5.10 Å². The first-order chi connectivity index (χ1) is 9.47. The minimum absolute atomic E-state index is 0.0761. The van der Waals surface area contributed by atoms with Gasteiger partial charge in [-0.25, -0.2) is 18.4 Å². The Hall–Kier alpha value is -1.45. The summed E-state index contributed by atoms with van der Waals surface area (Å²) >= 11 is 0. The Bertz CT molecular complexity index is 628. The Labute approximate surface area is 115 Å². The van der Waals surface area contributed by atoms with E-state index in [9.17, 15) is 13.2 Å². The van der Waals surface area contributed by atoms with E-state index in [1.54, 1.807) is 0 Å². The molecule has 8 nitrogen and oxygen atoms in total. The highest BCUT2D eigenvalue weighted by Crippen LogP contribution is 2.42. The predicted molar refractivity (Wildman–Crippen MR) is 66.6 cm³/mol. The molecule has 0 amide bonds. The van der Waals surface area contributed by atoms with E-state index in [2.05, 4.69) is 10.2 Å². The largest absolute Gasteiger partial charge is 0.455 e. The molecule has 20 heavy (non-hydrogen) atoms. The summed E-state index contributed by atoms with van der Waals surface area (Å²) in [6.45, 7) is 0.838. The molecule has 2 aliphatic rings. The molecule has 1 aromatic heterocycles. The third-order valence-electron chi connectivity index (χ3n) is 3.37. The van der Waals surface area contributed by atoms with E-state index >= 15 is 0 Å². The smallest absolute Gasteiger partial charge is 0.360 e. The molecular formula is C11H15N3O5S. The first kappa shape index (κ1) is 13.5. The maximum atomic E-state index is 12.0. The number of aromatic nitrogens is 2. The Kier molecular flexibility index (Phi) is 3.27. The predicted octanol–water partition coefficient (Wildman–Crippen LogP) is -0.120. The summed E-state index contributed by atoms with van der Waals surface area (Å²) in [5, 5.41) is 11.6. The molecule has 1 unspecified atom stereocenters. The van der Waals surface area contributed by atoms with Crippen molar-refractivity contribution in [1.29, 1.82) is 0 Å². The fourth-order valence-electron chi connectivity index (χ4n) is 2.23. The van der Waals surface area contributed by atoms with E-state index in [1.807, 2.05) is 0 Å². The SMILES string of the molecule is NS(=O)(=O)c1c(C(=O)OC2CCOC2)n[nH]c1C1CC1. The van der Waals surface area contributed by atoms with Gasteiger partial charge in [0.15, 0.2) is 5.69 Å². The summed E-state index contributed by atoms with van der Waals surface area (Å²) in [5.74, 6) is -0.708. The van der Waals surface area contributed by atoms with Crippen LogP contribution in [-0.2, 0) is 19.5 Å². The third-order valence-corrected chi connectivity index (χ3v) is 4.36. The minimum Gasteiger partial charge on any atom is -0.455 e. The summed E-state index contributed by atoms with van der Waals surface area (Å²) in [5.41, 5.74) is 0.142. The second-order valence-electron chi connectivity index (χ2n) is 5.03. The highest BCUT2D eigenvalue weighted by atomic mass is 32.2. The van der Waals surface area contributed by atoms with Gasteiger partial charge in [0.05, 0.1) is 18.9 Å². The Morgan fingerprint density at radius 1 is 1.40 bits per heavy atom. The van der Waals surface area contributed by atoms with Crippen molar-refractivity contribution >= 4 is 16.0 Å². The summed E-state index contributed by atoms with van der Waals surface area (Å²) in [6, 6.07) is 0. The van der Waals surface area contributed by atoms with Crippen molar-refractivity contribution in [2.24, 2.45) is 5.14 Å². The number of nitrogens with one attached hydrogen (secondary N) is 1. The van der Waals surface area contributed by atoms with Crippen molar-refractivity contribution in [3.63, 3.8) is 0 Å². The van der Waals surface area contributed by atoms with Gasteiger partial charge >= 0.3 is 5.97 Å². The molecule has 1 saturated carbocycles. The Balaban J connectivity index is 1.90. The van der Waals surface area contributed by atoms with Gasteiger partial charge in [0.25, 0.3) is 0 Å². The van der Waals surface area contributed by atoms with Crippen molar-refractivity contribution < 1.29 is 22.7 Å². The van der Waals surface area contributed by atoms with Crippen LogP contribution in [0.1, 0.15) is 41.4 Å². The van der Waals surface area contributed by atoms with E-state index in [4.69, 9.17) is 14.6 Å². The lowest BCUT2D eigenvalue weighted by atomic mass is 10.2. The monoisotopic (exact) mass is 301 g/mol. The number of H-pyrrole nitrogens is 1. The molecule has 0 radical (unpaired) electrons. The number of hydrogen-bond acceptors (Lipinski definition) is 6. The number of sulfonamides is 1.